The van der Waals surface area contributed by atoms with Crippen LogP contribution in [0.15, 0.2) is 16.6 Å². The lowest BCUT2D eigenvalue weighted by molar-refractivity contribution is 0.646. The molecule has 1 nitrogen and oxygen atoms in total. The summed E-state index contributed by atoms with van der Waals surface area (Å²) in [7, 11) is 0. The molecule has 108 valence electrons. The summed E-state index contributed by atoms with van der Waals surface area (Å²) < 4.78 is 1.25. The first kappa shape index (κ1) is 14.8. The number of thiophene rings is 2. The first-order valence-electron chi connectivity index (χ1n) is 7.29. The van der Waals surface area contributed by atoms with Gasteiger partial charge in [-0.05, 0) is 72.8 Å². The van der Waals surface area contributed by atoms with Crippen molar-refractivity contribution in [1.29, 1.82) is 0 Å². The minimum atomic E-state index is 0.351. The summed E-state index contributed by atoms with van der Waals surface area (Å²) in [6, 6.07) is 5.04. The van der Waals surface area contributed by atoms with E-state index in [0.717, 1.165) is 6.54 Å². The van der Waals surface area contributed by atoms with Crippen LogP contribution in [0.25, 0.3) is 0 Å². The third-order valence-corrected chi connectivity index (χ3v) is 7.14. The van der Waals surface area contributed by atoms with Gasteiger partial charge in [0, 0.05) is 24.0 Å². The minimum absolute atomic E-state index is 0.351. The van der Waals surface area contributed by atoms with E-state index in [2.05, 4.69) is 47.2 Å². The number of rotatable bonds is 4. The first-order valence-corrected chi connectivity index (χ1v) is 9.72. The average molecular weight is 370 g/mol. The predicted octanol–water partition coefficient (Wildman–Crippen LogP) is 5.46. The molecule has 0 aliphatic heterocycles. The summed E-state index contributed by atoms with van der Waals surface area (Å²) in [5.41, 5.74) is 1.60. The first-order chi connectivity index (χ1) is 9.69. The van der Waals surface area contributed by atoms with Crippen molar-refractivity contribution in [2.24, 2.45) is 0 Å². The number of aryl methyl sites for hydroxylation is 3. The molecule has 0 radical (unpaired) electrons. The van der Waals surface area contributed by atoms with Gasteiger partial charge in [0.25, 0.3) is 0 Å². The topological polar surface area (TPSA) is 12.0 Å². The Morgan fingerprint density at radius 3 is 2.70 bits per heavy atom. The van der Waals surface area contributed by atoms with Gasteiger partial charge >= 0.3 is 0 Å². The maximum atomic E-state index is 3.73. The molecule has 2 aromatic rings. The van der Waals surface area contributed by atoms with E-state index in [0.29, 0.717) is 6.04 Å². The number of halogens is 1. The molecule has 0 fully saturated rings. The maximum Gasteiger partial charge on any atom is 0.0776 e. The fraction of sp³-hybridized carbons (Fsp3) is 0.500. The Hall–Kier alpha value is -0.160. The van der Waals surface area contributed by atoms with Gasteiger partial charge in [0.05, 0.1) is 6.04 Å². The Labute approximate surface area is 137 Å². The van der Waals surface area contributed by atoms with Gasteiger partial charge in [-0.1, -0.05) is 6.92 Å². The van der Waals surface area contributed by atoms with Crippen LogP contribution >= 0.6 is 38.6 Å². The van der Waals surface area contributed by atoms with Crippen molar-refractivity contribution < 1.29 is 0 Å². The van der Waals surface area contributed by atoms with Gasteiger partial charge in [-0.15, -0.1) is 22.7 Å². The highest BCUT2D eigenvalue weighted by atomic mass is 79.9. The lowest BCUT2D eigenvalue weighted by atomic mass is 9.98. The number of fused-ring (bicyclic) bond motifs is 1. The molecule has 1 atom stereocenters. The average Bonchev–Trinajstić information content (AvgIpc) is 2.99. The molecular formula is C16H20BrNS2. The van der Waals surface area contributed by atoms with Crippen LogP contribution in [0.5, 0.6) is 0 Å². The van der Waals surface area contributed by atoms with Crippen LogP contribution in [0.3, 0.4) is 0 Å². The molecule has 2 heterocycles. The van der Waals surface area contributed by atoms with Crippen molar-refractivity contribution >= 4 is 38.6 Å². The van der Waals surface area contributed by atoms with Crippen molar-refractivity contribution in [3.05, 3.63) is 41.7 Å². The van der Waals surface area contributed by atoms with Gasteiger partial charge in [-0.2, -0.15) is 0 Å². The van der Waals surface area contributed by atoms with Gasteiger partial charge < -0.3 is 5.32 Å². The van der Waals surface area contributed by atoms with Gasteiger partial charge in [0.1, 0.15) is 0 Å². The molecule has 1 aliphatic rings. The molecular weight excluding hydrogens is 350 g/mol. The van der Waals surface area contributed by atoms with E-state index < -0.39 is 0 Å². The zero-order chi connectivity index (χ0) is 14.1. The van der Waals surface area contributed by atoms with E-state index >= 15 is 0 Å². The largest absolute Gasteiger partial charge is 0.305 e. The smallest absolute Gasteiger partial charge is 0.0776 e. The summed E-state index contributed by atoms with van der Waals surface area (Å²) in [6.07, 6.45) is 5.27. The van der Waals surface area contributed by atoms with Crippen LogP contribution in [-0.4, -0.2) is 6.54 Å². The van der Waals surface area contributed by atoms with E-state index in [1.807, 2.05) is 22.7 Å². The normalized spacial score (nSPS) is 16.1. The Kier molecular flexibility index (Phi) is 4.65. The SMILES string of the molecule is CCNC(c1cc2c(s1)CCCC2)c1sc(C)cc1Br. The van der Waals surface area contributed by atoms with Crippen LogP contribution in [-0.2, 0) is 12.8 Å². The highest BCUT2D eigenvalue weighted by Crippen LogP contribution is 2.40. The molecule has 0 spiro atoms. The molecule has 0 bridgehead atoms. The molecule has 3 rings (SSSR count). The maximum absolute atomic E-state index is 3.73. The Morgan fingerprint density at radius 1 is 1.25 bits per heavy atom. The zero-order valence-corrected chi connectivity index (χ0v) is 15.2. The van der Waals surface area contributed by atoms with Crippen LogP contribution in [0.2, 0.25) is 0 Å². The molecule has 0 saturated heterocycles. The van der Waals surface area contributed by atoms with Gasteiger partial charge in [-0.25, -0.2) is 0 Å². The van der Waals surface area contributed by atoms with E-state index in [4.69, 9.17) is 0 Å². The van der Waals surface area contributed by atoms with Gasteiger partial charge in [0.2, 0.25) is 0 Å². The molecule has 0 aromatic carbocycles. The number of hydrogen-bond donors (Lipinski definition) is 1. The number of nitrogens with one attached hydrogen (secondary N) is 1. The van der Waals surface area contributed by atoms with Crippen LogP contribution < -0.4 is 5.32 Å². The van der Waals surface area contributed by atoms with Crippen molar-refractivity contribution in [3.63, 3.8) is 0 Å². The van der Waals surface area contributed by atoms with Crippen LogP contribution in [0.1, 0.15) is 50.9 Å². The van der Waals surface area contributed by atoms with Crippen molar-refractivity contribution in [2.45, 2.75) is 45.6 Å². The molecule has 0 saturated carbocycles. The van der Waals surface area contributed by atoms with Crippen molar-refractivity contribution in [1.82, 2.24) is 5.32 Å². The zero-order valence-electron chi connectivity index (χ0n) is 12.0. The molecule has 1 aliphatic carbocycles. The second kappa shape index (κ2) is 6.30. The summed E-state index contributed by atoms with van der Waals surface area (Å²) in [6.45, 7) is 5.37. The summed E-state index contributed by atoms with van der Waals surface area (Å²) >= 11 is 7.65. The second-order valence-corrected chi connectivity index (χ2v) is 8.67. The highest BCUT2D eigenvalue weighted by molar-refractivity contribution is 9.10. The monoisotopic (exact) mass is 369 g/mol. The van der Waals surface area contributed by atoms with Crippen LogP contribution in [0.4, 0.5) is 0 Å². The standard InChI is InChI=1S/C16H20BrNS2/c1-3-18-15(16-12(17)8-10(2)19-16)14-9-11-6-4-5-7-13(11)20-14/h8-9,15,18H,3-7H2,1-2H3. The van der Waals surface area contributed by atoms with Crippen LogP contribution in [0, 0.1) is 6.92 Å². The predicted molar refractivity (Wildman–Crippen MR) is 93.2 cm³/mol. The Morgan fingerprint density at radius 2 is 2.05 bits per heavy atom. The molecule has 20 heavy (non-hydrogen) atoms. The van der Waals surface area contributed by atoms with Crippen molar-refractivity contribution in [2.75, 3.05) is 6.54 Å². The second-order valence-electron chi connectivity index (χ2n) is 5.36. The third kappa shape index (κ3) is 2.89. The minimum Gasteiger partial charge on any atom is -0.305 e. The molecule has 2 aromatic heterocycles. The summed E-state index contributed by atoms with van der Waals surface area (Å²) in [5, 5.41) is 3.67. The summed E-state index contributed by atoms with van der Waals surface area (Å²) in [5.74, 6) is 0. The highest BCUT2D eigenvalue weighted by Gasteiger charge is 2.23. The Bertz CT molecular complexity index is 576. The lowest BCUT2D eigenvalue weighted by Gasteiger charge is -2.15. The van der Waals surface area contributed by atoms with E-state index in [1.54, 1.807) is 10.4 Å². The fourth-order valence-corrected chi connectivity index (χ4v) is 6.27. The van der Waals surface area contributed by atoms with Gasteiger partial charge in [-0.3, -0.25) is 0 Å². The van der Waals surface area contributed by atoms with Crippen molar-refractivity contribution in [3.8, 4) is 0 Å². The lowest BCUT2D eigenvalue weighted by Crippen LogP contribution is -2.20. The third-order valence-electron chi connectivity index (χ3n) is 3.81. The number of hydrogen-bond acceptors (Lipinski definition) is 3. The molecule has 4 heteroatoms. The quantitative estimate of drug-likeness (QED) is 0.754. The molecule has 1 N–H and O–H groups in total. The molecule has 0 amide bonds. The van der Waals surface area contributed by atoms with E-state index in [9.17, 15) is 0 Å². The fourth-order valence-electron chi connectivity index (χ4n) is 2.88. The van der Waals surface area contributed by atoms with E-state index in [-0.39, 0.29) is 0 Å². The summed E-state index contributed by atoms with van der Waals surface area (Å²) in [4.78, 5) is 5.90. The van der Waals surface area contributed by atoms with Gasteiger partial charge in [0.15, 0.2) is 0 Å². The molecule has 1 unspecified atom stereocenters. The van der Waals surface area contributed by atoms with E-state index in [1.165, 1.54) is 44.8 Å². The Balaban J connectivity index is 1.98.